The number of non-ortho nitro benzene ring substituents is 1. The highest BCUT2D eigenvalue weighted by molar-refractivity contribution is 9.10. The van der Waals surface area contributed by atoms with E-state index in [1.165, 1.54) is 23.1 Å². The Balaban J connectivity index is 1.69. The Labute approximate surface area is 150 Å². The highest BCUT2D eigenvalue weighted by atomic mass is 79.9. The number of anilines is 1. The standard InChI is InChI=1S/C16H13BrN2O6/c17-14-6-5-13(25-14)16(21)24-9-15(20)18-7-1-2-10-8-11(19(22)23)3-4-12(10)18/h3-6,8H,1-2,7,9H2. The molecule has 0 atom stereocenters. The Kier molecular flexibility index (Phi) is 4.84. The summed E-state index contributed by atoms with van der Waals surface area (Å²) in [6.45, 7) is 0.0288. The number of esters is 1. The SMILES string of the molecule is O=C(OCC(=O)N1CCCc2cc([N+](=O)[O-])ccc21)c1ccc(Br)o1. The first kappa shape index (κ1) is 17.2. The fraction of sp³-hybridized carbons (Fsp3) is 0.250. The number of aryl methyl sites for hydroxylation is 1. The molecule has 1 aliphatic rings. The summed E-state index contributed by atoms with van der Waals surface area (Å²) in [7, 11) is 0. The number of ether oxygens (including phenoxy) is 1. The number of furan rings is 1. The summed E-state index contributed by atoms with van der Waals surface area (Å²) >= 11 is 3.08. The Morgan fingerprint density at radius 2 is 2.12 bits per heavy atom. The predicted molar refractivity (Wildman–Crippen MR) is 90.5 cm³/mol. The maximum absolute atomic E-state index is 12.4. The van der Waals surface area contributed by atoms with E-state index in [4.69, 9.17) is 9.15 Å². The van der Waals surface area contributed by atoms with E-state index in [-0.39, 0.29) is 11.4 Å². The van der Waals surface area contributed by atoms with Gasteiger partial charge in [0.2, 0.25) is 5.76 Å². The molecule has 2 aromatic rings. The van der Waals surface area contributed by atoms with Gasteiger partial charge in [-0.25, -0.2) is 4.79 Å². The lowest BCUT2D eigenvalue weighted by atomic mass is 10.0. The lowest BCUT2D eigenvalue weighted by Crippen LogP contribution is -2.38. The van der Waals surface area contributed by atoms with Gasteiger partial charge in [0.05, 0.1) is 4.92 Å². The summed E-state index contributed by atoms with van der Waals surface area (Å²) in [4.78, 5) is 36.1. The first-order valence-corrected chi connectivity index (χ1v) is 8.25. The molecule has 0 unspecified atom stereocenters. The third-order valence-electron chi connectivity index (χ3n) is 3.79. The highest BCUT2D eigenvalue weighted by Crippen LogP contribution is 2.30. The molecule has 2 heterocycles. The van der Waals surface area contributed by atoms with Gasteiger partial charge in [0, 0.05) is 24.4 Å². The molecule has 1 amide bonds. The van der Waals surface area contributed by atoms with E-state index in [1.807, 2.05) is 0 Å². The molecule has 1 aromatic carbocycles. The first-order valence-electron chi connectivity index (χ1n) is 7.46. The minimum Gasteiger partial charge on any atom is -0.450 e. The van der Waals surface area contributed by atoms with Gasteiger partial charge >= 0.3 is 5.97 Å². The second-order valence-corrected chi connectivity index (χ2v) is 6.18. The Morgan fingerprint density at radius 1 is 1.32 bits per heavy atom. The fourth-order valence-corrected chi connectivity index (χ4v) is 2.96. The van der Waals surface area contributed by atoms with E-state index < -0.39 is 23.4 Å². The van der Waals surface area contributed by atoms with Crippen molar-refractivity contribution >= 4 is 39.2 Å². The summed E-state index contributed by atoms with van der Waals surface area (Å²) in [6.07, 6.45) is 1.33. The number of amides is 1. The third-order valence-corrected chi connectivity index (χ3v) is 4.22. The number of nitro groups is 1. The van der Waals surface area contributed by atoms with Gasteiger partial charge in [-0.1, -0.05) is 0 Å². The molecule has 3 rings (SSSR count). The van der Waals surface area contributed by atoms with E-state index in [9.17, 15) is 19.7 Å². The minimum atomic E-state index is -0.736. The van der Waals surface area contributed by atoms with Gasteiger partial charge in [-0.15, -0.1) is 0 Å². The average Bonchev–Trinajstić information content (AvgIpc) is 3.04. The molecule has 1 aromatic heterocycles. The molecule has 25 heavy (non-hydrogen) atoms. The normalized spacial score (nSPS) is 13.2. The number of nitro benzene ring substituents is 1. The molecular weight excluding hydrogens is 396 g/mol. The van der Waals surface area contributed by atoms with Gasteiger partial charge in [0.15, 0.2) is 11.3 Å². The third kappa shape index (κ3) is 3.71. The molecular formula is C16H13BrN2O6. The quantitative estimate of drug-likeness (QED) is 0.437. The molecule has 0 N–H and O–H groups in total. The zero-order valence-electron chi connectivity index (χ0n) is 12.9. The Bertz CT molecular complexity index is 847. The summed E-state index contributed by atoms with van der Waals surface area (Å²) < 4.78 is 10.4. The van der Waals surface area contributed by atoms with Gasteiger partial charge in [-0.2, -0.15) is 0 Å². The van der Waals surface area contributed by atoms with Gasteiger partial charge in [0.25, 0.3) is 11.6 Å². The molecule has 0 bridgehead atoms. The summed E-state index contributed by atoms with van der Waals surface area (Å²) in [6, 6.07) is 7.37. The summed E-state index contributed by atoms with van der Waals surface area (Å²) in [5.74, 6) is -1.14. The van der Waals surface area contributed by atoms with Crippen molar-refractivity contribution in [3.63, 3.8) is 0 Å². The van der Waals surface area contributed by atoms with Crippen molar-refractivity contribution in [3.8, 4) is 0 Å². The van der Waals surface area contributed by atoms with Crippen molar-refractivity contribution in [1.82, 2.24) is 0 Å². The molecule has 0 saturated heterocycles. The Hall–Kier alpha value is -2.68. The molecule has 8 nitrogen and oxygen atoms in total. The molecule has 0 spiro atoms. The molecule has 9 heteroatoms. The fourth-order valence-electron chi connectivity index (χ4n) is 2.66. The van der Waals surface area contributed by atoms with E-state index >= 15 is 0 Å². The minimum absolute atomic E-state index is 0.00524. The average molecular weight is 409 g/mol. The van der Waals surface area contributed by atoms with E-state index in [2.05, 4.69) is 15.9 Å². The maximum Gasteiger partial charge on any atom is 0.374 e. The highest BCUT2D eigenvalue weighted by Gasteiger charge is 2.25. The van der Waals surface area contributed by atoms with Crippen LogP contribution in [0.15, 0.2) is 39.4 Å². The van der Waals surface area contributed by atoms with Gasteiger partial charge < -0.3 is 14.1 Å². The number of carbonyl (C=O) groups excluding carboxylic acids is 2. The van der Waals surface area contributed by atoms with Crippen LogP contribution in [0.3, 0.4) is 0 Å². The first-order chi connectivity index (χ1) is 12.0. The zero-order chi connectivity index (χ0) is 18.0. The predicted octanol–water partition coefficient (Wildman–Crippen LogP) is 3.09. The van der Waals surface area contributed by atoms with Crippen LogP contribution in [-0.2, 0) is 16.0 Å². The van der Waals surface area contributed by atoms with Gasteiger partial charge in [-0.05, 0) is 52.5 Å². The molecule has 130 valence electrons. The maximum atomic E-state index is 12.4. The number of nitrogens with zero attached hydrogens (tertiary/aromatic N) is 2. The zero-order valence-corrected chi connectivity index (χ0v) is 14.5. The van der Waals surface area contributed by atoms with Crippen LogP contribution in [0.2, 0.25) is 0 Å². The molecule has 0 saturated carbocycles. The number of benzene rings is 1. The summed E-state index contributed by atoms with van der Waals surface area (Å²) in [5, 5.41) is 10.9. The number of carbonyl (C=O) groups is 2. The molecule has 1 aliphatic heterocycles. The van der Waals surface area contributed by atoms with E-state index in [0.717, 1.165) is 5.56 Å². The van der Waals surface area contributed by atoms with Crippen LogP contribution in [0.25, 0.3) is 0 Å². The van der Waals surface area contributed by atoms with Crippen molar-refractivity contribution < 1.29 is 23.7 Å². The van der Waals surface area contributed by atoms with Crippen molar-refractivity contribution in [3.05, 3.63) is 56.4 Å². The van der Waals surface area contributed by atoms with Crippen molar-refractivity contribution in [2.45, 2.75) is 12.8 Å². The van der Waals surface area contributed by atoms with Crippen LogP contribution in [0.1, 0.15) is 22.5 Å². The smallest absolute Gasteiger partial charge is 0.374 e. The molecule has 0 radical (unpaired) electrons. The van der Waals surface area contributed by atoms with Crippen molar-refractivity contribution in [1.29, 1.82) is 0 Å². The summed E-state index contributed by atoms with van der Waals surface area (Å²) in [5.41, 5.74) is 1.33. The monoisotopic (exact) mass is 408 g/mol. The lowest BCUT2D eigenvalue weighted by Gasteiger charge is -2.29. The van der Waals surface area contributed by atoms with Crippen LogP contribution in [-0.4, -0.2) is 30.0 Å². The van der Waals surface area contributed by atoms with Crippen molar-refractivity contribution in [2.75, 3.05) is 18.1 Å². The molecule has 0 fully saturated rings. The number of hydrogen-bond acceptors (Lipinski definition) is 6. The number of halogens is 1. The van der Waals surface area contributed by atoms with Crippen LogP contribution >= 0.6 is 15.9 Å². The number of rotatable bonds is 4. The second kappa shape index (κ2) is 7.06. The van der Waals surface area contributed by atoms with Crippen LogP contribution in [0.5, 0.6) is 0 Å². The van der Waals surface area contributed by atoms with E-state index in [1.54, 1.807) is 12.1 Å². The van der Waals surface area contributed by atoms with Crippen molar-refractivity contribution in [2.24, 2.45) is 0 Å². The van der Waals surface area contributed by atoms with Crippen LogP contribution in [0, 0.1) is 10.1 Å². The van der Waals surface area contributed by atoms with Crippen LogP contribution in [0.4, 0.5) is 11.4 Å². The molecule has 0 aliphatic carbocycles. The largest absolute Gasteiger partial charge is 0.450 e. The second-order valence-electron chi connectivity index (χ2n) is 5.40. The van der Waals surface area contributed by atoms with Gasteiger partial charge in [-0.3, -0.25) is 14.9 Å². The number of hydrogen-bond donors (Lipinski definition) is 0. The van der Waals surface area contributed by atoms with Crippen LogP contribution < -0.4 is 4.90 Å². The topological polar surface area (TPSA) is 103 Å². The van der Waals surface area contributed by atoms with Gasteiger partial charge in [0.1, 0.15) is 0 Å². The number of fused-ring (bicyclic) bond motifs is 1. The van der Waals surface area contributed by atoms with E-state index in [0.29, 0.717) is 29.7 Å². The lowest BCUT2D eigenvalue weighted by molar-refractivity contribution is -0.384. The Morgan fingerprint density at radius 3 is 2.80 bits per heavy atom.